The summed E-state index contributed by atoms with van der Waals surface area (Å²) in [4.78, 5) is 25.0. The Morgan fingerprint density at radius 3 is 2.96 bits per heavy atom. The summed E-state index contributed by atoms with van der Waals surface area (Å²) in [6.45, 7) is 3.03. The number of fused-ring (bicyclic) bond motifs is 1. The highest BCUT2D eigenvalue weighted by Gasteiger charge is 2.10. The average molecular weight is 327 g/mol. The molecule has 0 aliphatic carbocycles. The van der Waals surface area contributed by atoms with Crippen molar-refractivity contribution < 1.29 is 4.79 Å². The molecule has 1 amide bonds. The number of carbonyl (C=O) groups excluding carboxylic acids is 1. The summed E-state index contributed by atoms with van der Waals surface area (Å²) in [7, 11) is 0. The molecule has 1 N–H and O–H groups in total. The number of hydrogen-bond acceptors (Lipinski definition) is 5. The molecule has 3 aromatic rings. The minimum atomic E-state index is -0.185. The molecule has 0 unspecified atom stereocenters. The van der Waals surface area contributed by atoms with Crippen molar-refractivity contribution in [2.75, 3.05) is 12.8 Å². The Balaban J connectivity index is 1.64. The van der Waals surface area contributed by atoms with Crippen LogP contribution in [0.1, 0.15) is 16.2 Å². The zero-order chi connectivity index (χ0) is 16.2. The molecule has 3 rings (SSSR count). The fraction of sp³-hybridized carbons (Fsp3) is 0.250. The average Bonchev–Trinajstić information content (AvgIpc) is 2.97. The number of thioether (sulfide) groups is 1. The van der Waals surface area contributed by atoms with Crippen LogP contribution < -0.4 is 5.32 Å². The summed E-state index contributed by atoms with van der Waals surface area (Å²) >= 11 is 1.42. The number of amides is 1. The lowest BCUT2D eigenvalue weighted by Gasteiger charge is -2.07. The maximum atomic E-state index is 12.2. The first-order valence-electron chi connectivity index (χ1n) is 7.25. The molecule has 0 fully saturated rings. The predicted molar refractivity (Wildman–Crippen MR) is 90.6 cm³/mol. The molecule has 1 aromatic carbocycles. The van der Waals surface area contributed by atoms with Crippen LogP contribution in [-0.4, -0.2) is 38.2 Å². The number of nitrogens with one attached hydrogen (secondary N) is 1. The van der Waals surface area contributed by atoms with Crippen LogP contribution in [0.5, 0.6) is 0 Å². The Hall–Kier alpha value is -2.41. The minimum absolute atomic E-state index is 0.185. The fourth-order valence-corrected chi connectivity index (χ4v) is 2.74. The van der Waals surface area contributed by atoms with Crippen molar-refractivity contribution in [2.45, 2.75) is 18.6 Å². The number of carbonyl (C=O) groups is 1. The van der Waals surface area contributed by atoms with Gasteiger partial charge < -0.3 is 9.88 Å². The summed E-state index contributed by atoms with van der Waals surface area (Å²) in [5.74, 6) is -0.185. The Labute approximate surface area is 138 Å². The molecule has 2 heterocycles. The lowest BCUT2D eigenvalue weighted by molar-refractivity contribution is 0.0946. The van der Waals surface area contributed by atoms with E-state index in [1.54, 1.807) is 12.4 Å². The predicted octanol–water partition coefficient (Wildman–Crippen LogP) is 2.29. The van der Waals surface area contributed by atoms with Gasteiger partial charge in [-0.15, -0.1) is 0 Å². The standard InChI is InChI=1S/C16H17N5OS/c1-11-9-13(20-16(19-11)23-2)15(22)17-7-8-21-10-18-12-5-3-4-6-14(12)21/h3-6,9-10H,7-8H2,1-2H3,(H,17,22). The third-order valence-corrected chi connectivity index (χ3v) is 3.96. The van der Waals surface area contributed by atoms with Crippen molar-refractivity contribution in [3.63, 3.8) is 0 Å². The van der Waals surface area contributed by atoms with E-state index in [4.69, 9.17) is 0 Å². The molecule has 0 saturated carbocycles. The molecule has 0 atom stereocenters. The van der Waals surface area contributed by atoms with Crippen molar-refractivity contribution >= 4 is 28.7 Å². The second kappa shape index (κ2) is 6.78. The van der Waals surface area contributed by atoms with Crippen LogP contribution in [0.15, 0.2) is 41.8 Å². The van der Waals surface area contributed by atoms with E-state index in [2.05, 4.69) is 20.3 Å². The van der Waals surface area contributed by atoms with Crippen LogP contribution in [0.4, 0.5) is 0 Å². The molecule has 0 bridgehead atoms. The van der Waals surface area contributed by atoms with Crippen LogP contribution in [0.25, 0.3) is 11.0 Å². The van der Waals surface area contributed by atoms with Crippen LogP contribution in [-0.2, 0) is 6.54 Å². The summed E-state index contributed by atoms with van der Waals surface area (Å²) in [5, 5.41) is 3.50. The zero-order valence-electron chi connectivity index (χ0n) is 13.0. The van der Waals surface area contributed by atoms with E-state index in [1.165, 1.54) is 11.8 Å². The van der Waals surface area contributed by atoms with Gasteiger partial charge in [0, 0.05) is 18.8 Å². The quantitative estimate of drug-likeness (QED) is 0.575. The van der Waals surface area contributed by atoms with Crippen LogP contribution in [0.2, 0.25) is 0 Å². The molecule has 2 aromatic heterocycles. The number of hydrogen-bond donors (Lipinski definition) is 1. The van der Waals surface area contributed by atoms with Crippen LogP contribution in [0, 0.1) is 6.92 Å². The van der Waals surface area contributed by atoms with Crippen LogP contribution in [0.3, 0.4) is 0 Å². The molecule has 0 aliphatic rings. The van der Waals surface area contributed by atoms with Crippen molar-refractivity contribution in [1.82, 2.24) is 24.8 Å². The van der Waals surface area contributed by atoms with Gasteiger partial charge in [-0.05, 0) is 31.4 Å². The number of aromatic nitrogens is 4. The van der Waals surface area contributed by atoms with Gasteiger partial charge in [0.25, 0.3) is 5.91 Å². The molecular weight excluding hydrogens is 310 g/mol. The maximum absolute atomic E-state index is 12.2. The van der Waals surface area contributed by atoms with E-state index < -0.39 is 0 Å². The summed E-state index contributed by atoms with van der Waals surface area (Å²) in [5.41, 5.74) is 3.20. The number of nitrogens with zero attached hydrogens (tertiary/aromatic N) is 4. The Bertz CT molecular complexity index is 845. The monoisotopic (exact) mass is 327 g/mol. The van der Waals surface area contributed by atoms with E-state index in [-0.39, 0.29) is 5.91 Å². The summed E-state index contributed by atoms with van der Waals surface area (Å²) in [6.07, 6.45) is 3.68. The number of para-hydroxylation sites is 2. The first kappa shape index (κ1) is 15.5. The largest absolute Gasteiger partial charge is 0.349 e. The van der Waals surface area contributed by atoms with Gasteiger partial charge in [-0.3, -0.25) is 4.79 Å². The number of aryl methyl sites for hydroxylation is 1. The first-order chi connectivity index (χ1) is 11.2. The number of rotatable bonds is 5. The van der Waals surface area contributed by atoms with E-state index in [0.29, 0.717) is 23.9 Å². The lowest BCUT2D eigenvalue weighted by atomic mass is 10.3. The van der Waals surface area contributed by atoms with Gasteiger partial charge in [0.2, 0.25) is 0 Å². The third kappa shape index (κ3) is 3.50. The fourth-order valence-electron chi connectivity index (χ4n) is 2.32. The van der Waals surface area contributed by atoms with E-state index in [9.17, 15) is 4.79 Å². The molecule has 23 heavy (non-hydrogen) atoms. The smallest absolute Gasteiger partial charge is 0.270 e. The molecule has 0 saturated heterocycles. The van der Waals surface area contributed by atoms with Gasteiger partial charge in [-0.2, -0.15) is 0 Å². The van der Waals surface area contributed by atoms with Gasteiger partial charge in [0.15, 0.2) is 5.16 Å². The topological polar surface area (TPSA) is 72.7 Å². The SMILES string of the molecule is CSc1nc(C)cc(C(=O)NCCn2cnc3ccccc32)n1. The van der Waals surface area contributed by atoms with Gasteiger partial charge in [-0.25, -0.2) is 15.0 Å². The van der Waals surface area contributed by atoms with Gasteiger partial charge in [0.1, 0.15) is 5.69 Å². The Kier molecular flexibility index (Phi) is 4.57. The molecule has 0 aliphatic heterocycles. The highest BCUT2D eigenvalue weighted by atomic mass is 32.2. The molecule has 118 valence electrons. The number of imidazole rings is 1. The Morgan fingerprint density at radius 2 is 2.13 bits per heavy atom. The van der Waals surface area contributed by atoms with Gasteiger partial charge in [0.05, 0.1) is 17.4 Å². The minimum Gasteiger partial charge on any atom is -0.349 e. The van der Waals surface area contributed by atoms with E-state index in [0.717, 1.165) is 16.7 Å². The molecular formula is C16H17N5OS. The van der Waals surface area contributed by atoms with Gasteiger partial charge in [-0.1, -0.05) is 23.9 Å². The van der Waals surface area contributed by atoms with Crippen molar-refractivity contribution in [2.24, 2.45) is 0 Å². The van der Waals surface area contributed by atoms with E-state index >= 15 is 0 Å². The maximum Gasteiger partial charge on any atom is 0.270 e. The lowest BCUT2D eigenvalue weighted by Crippen LogP contribution is -2.28. The molecule has 7 heteroatoms. The highest BCUT2D eigenvalue weighted by Crippen LogP contribution is 2.12. The van der Waals surface area contributed by atoms with Gasteiger partial charge >= 0.3 is 0 Å². The number of benzene rings is 1. The van der Waals surface area contributed by atoms with Crippen molar-refractivity contribution in [3.05, 3.63) is 48.0 Å². The zero-order valence-corrected chi connectivity index (χ0v) is 13.8. The Morgan fingerprint density at radius 1 is 1.30 bits per heavy atom. The molecule has 0 radical (unpaired) electrons. The summed E-state index contributed by atoms with van der Waals surface area (Å²) < 4.78 is 2.02. The highest BCUT2D eigenvalue weighted by molar-refractivity contribution is 7.98. The normalized spacial score (nSPS) is 10.9. The third-order valence-electron chi connectivity index (χ3n) is 3.41. The molecule has 6 nitrogen and oxygen atoms in total. The van der Waals surface area contributed by atoms with Crippen LogP contribution >= 0.6 is 11.8 Å². The molecule has 0 spiro atoms. The van der Waals surface area contributed by atoms with Crippen molar-refractivity contribution in [1.29, 1.82) is 0 Å². The summed E-state index contributed by atoms with van der Waals surface area (Å²) in [6, 6.07) is 9.62. The second-order valence-corrected chi connectivity index (χ2v) is 5.84. The first-order valence-corrected chi connectivity index (χ1v) is 8.47. The van der Waals surface area contributed by atoms with E-state index in [1.807, 2.05) is 42.0 Å². The van der Waals surface area contributed by atoms with Crippen molar-refractivity contribution in [3.8, 4) is 0 Å². The second-order valence-electron chi connectivity index (χ2n) is 5.06.